The average molecular weight is 406 g/mol. The Bertz CT molecular complexity index is 592. The van der Waals surface area contributed by atoms with E-state index in [1.54, 1.807) is 0 Å². The highest BCUT2D eigenvalue weighted by Gasteiger charge is 2.12. The summed E-state index contributed by atoms with van der Waals surface area (Å²) in [5.74, 6) is 1.44. The molecule has 1 aromatic carbocycles. The van der Waals surface area contributed by atoms with Crippen LogP contribution in [0.1, 0.15) is 12.6 Å². The molecule has 19 heavy (non-hydrogen) atoms. The van der Waals surface area contributed by atoms with Crippen LogP contribution in [0.4, 0.5) is 5.82 Å². The minimum atomic E-state index is 0.646. The second kappa shape index (κ2) is 6.20. The van der Waals surface area contributed by atoms with Crippen LogP contribution in [0.2, 0.25) is 5.02 Å². The highest BCUT2D eigenvalue weighted by atomic mass is 79.9. The summed E-state index contributed by atoms with van der Waals surface area (Å²) in [5.41, 5.74) is 1.86. The number of hydrogen-bond donors (Lipinski definition) is 1. The summed E-state index contributed by atoms with van der Waals surface area (Å²) >= 11 is 13.0. The number of benzene rings is 1. The SMILES string of the molecule is CCc1nc(-c2ccc(Br)c(Cl)c2)nc(NC)c1Br. The number of rotatable bonds is 3. The van der Waals surface area contributed by atoms with Crippen molar-refractivity contribution in [3.63, 3.8) is 0 Å². The van der Waals surface area contributed by atoms with Crippen LogP contribution in [-0.4, -0.2) is 17.0 Å². The molecule has 0 radical (unpaired) electrons. The van der Waals surface area contributed by atoms with Gasteiger partial charge in [-0.3, -0.25) is 0 Å². The Balaban J connectivity index is 2.58. The van der Waals surface area contributed by atoms with E-state index >= 15 is 0 Å². The fourth-order valence-electron chi connectivity index (χ4n) is 1.66. The van der Waals surface area contributed by atoms with Crippen LogP contribution in [0.5, 0.6) is 0 Å². The van der Waals surface area contributed by atoms with E-state index in [4.69, 9.17) is 11.6 Å². The van der Waals surface area contributed by atoms with Crippen molar-refractivity contribution >= 4 is 49.3 Å². The maximum Gasteiger partial charge on any atom is 0.161 e. The van der Waals surface area contributed by atoms with Crippen LogP contribution in [0, 0.1) is 0 Å². The topological polar surface area (TPSA) is 37.8 Å². The number of hydrogen-bond acceptors (Lipinski definition) is 3. The molecule has 1 aromatic heterocycles. The Labute approximate surface area is 134 Å². The largest absolute Gasteiger partial charge is 0.372 e. The van der Waals surface area contributed by atoms with Crippen molar-refractivity contribution in [2.24, 2.45) is 0 Å². The Kier molecular flexibility index (Phi) is 4.81. The van der Waals surface area contributed by atoms with Gasteiger partial charge in [0, 0.05) is 17.1 Å². The molecule has 0 aliphatic rings. The zero-order valence-electron chi connectivity index (χ0n) is 10.5. The summed E-state index contributed by atoms with van der Waals surface area (Å²) < 4.78 is 1.77. The van der Waals surface area contributed by atoms with Crippen LogP contribution in [-0.2, 0) is 6.42 Å². The molecule has 0 fully saturated rings. The molecular formula is C13H12Br2ClN3. The number of nitrogens with zero attached hydrogens (tertiary/aromatic N) is 2. The van der Waals surface area contributed by atoms with Crippen molar-refractivity contribution in [3.8, 4) is 11.4 Å². The van der Waals surface area contributed by atoms with Crippen molar-refractivity contribution in [2.75, 3.05) is 12.4 Å². The Morgan fingerprint density at radius 3 is 2.58 bits per heavy atom. The standard InChI is InChI=1S/C13H12Br2ClN3/c1-3-10-11(15)13(17-2)19-12(18-10)7-4-5-8(14)9(16)6-7/h4-6H,3H2,1-2H3,(H,17,18,19). The minimum Gasteiger partial charge on any atom is -0.372 e. The lowest BCUT2D eigenvalue weighted by molar-refractivity contribution is 0.991. The average Bonchev–Trinajstić information content (AvgIpc) is 2.42. The molecule has 1 N–H and O–H groups in total. The first kappa shape index (κ1) is 14.8. The van der Waals surface area contributed by atoms with E-state index in [1.807, 2.05) is 25.2 Å². The van der Waals surface area contributed by atoms with Gasteiger partial charge in [0.1, 0.15) is 5.82 Å². The highest BCUT2D eigenvalue weighted by Crippen LogP contribution is 2.30. The number of anilines is 1. The van der Waals surface area contributed by atoms with Gasteiger partial charge in [0.05, 0.1) is 15.2 Å². The monoisotopic (exact) mass is 403 g/mol. The van der Waals surface area contributed by atoms with Gasteiger partial charge in [-0.2, -0.15) is 0 Å². The van der Waals surface area contributed by atoms with Gasteiger partial charge in [0.25, 0.3) is 0 Å². The first-order chi connectivity index (χ1) is 9.06. The molecule has 6 heteroatoms. The molecule has 0 saturated carbocycles. The molecule has 2 rings (SSSR count). The molecule has 3 nitrogen and oxygen atoms in total. The van der Waals surface area contributed by atoms with Crippen LogP contribution < -0.4 is 5.32 Å². The van der Waals surface area contributed by atoms with Gasteiger partial charge in [0.2, 0.25) is 0 Å². The molecular weight excluding hydrogens is 393 g/mol. The number of aryl methyl sites for hydroxylation is 1. The maximum absolute atomic E-state index is 6.12. The van der Waals surface area contributed by atoms with Crippen molar-refractivity contribution in [3.05, 3.63) is 37.9 Å². The fraction of sp³-hybridized carbons (Fsp3) is 0.231. The third-order valence-electron chi connectivity index (χ3n) is 2.67. The van der Waals surface area contributed by atoms with E-state index in [1.165, 1.54) is 0 Å². The molecule has 100 valence electrons. The van der Waals surface area contributed by atoms with E-state index in [9.17, 15) is 0 Å². The van der Waals surface area contributed by atoms with Crippen LogP contribution in [0.15, 0.2) is 27.1 Å². The highest BCUT2D eigenvalue weighted by molar-refractivity contribution is 9.11. The van der Waals surface area contributed by atoms with Gasteiger partial charge in [-0.05, 0) is 56.5 Å². The summed E-state index contributed by atoms with van der Waals surface area (Å²) in [6.45, 7) is 2.06. The lowest BCUT2D eigenvalue weighted by atomic mass is 10.2. The van der Waals surface area contributed by atoms with E-state index < -0.39 is 0 Å². The normalized spacial score (nSPS) is 10.6. The summed E-state index contributed by atoms with van der Waals surface area (Å²) in [5, 5.41) is 3.71. The lowest BCUT2D eigenvalue weighted by Gasteiger charge is -2.10. The zero-order chi connectivity index (χ0) is 14.0. The molecule has 1 heterocycles. The van der Waals surface area contributed by atoms with Crippen molar-refractivity contribution < 1.29 is 0 Å². The van der Waals surface area contributed by atoms with Gasteiger partial charge in [-0.1, -0.05) is 18.5 Å². The zero-order valence-corrected chi connectivity index (χ0v) is 14.4. The first-order valence-corrected chi connectivity index (χ1v) is 7.72. The molecule has 0 aliphatic heterocycles. The van der Waals surface area contributed by atoms with E-state index in [-0.39, 0.29) is 0 Å². The predicted molar refractivity (Wildman–Crippen MR) is 86.8 cm³/mol. The van der Waals surface area contributed by atoms with Gasteiger partial charge < -0.3 is 5.32 Å². The number of nitrogens with one attached hydrogen (secondary N) is 1. The second-order valence-corrected chi connectivity index (χ2v) is 5.94. The second-order valence-electron chi connectivity index (χ2n) is 3.89. The third-order valence-corrected chi connectivity index (χ3v) is 4.74. The van der Waals surface area contributed by atoms with E-state index in [0.29, 0.717) is 10.8 Å². The summed E-state index contributed by atoms with van der Waals surface area (Å²) in [6.07, 6.45) is 0.828. The summed E-state index contributed by atoms with van der Waals surface area (Å²) in [7, 11) is 1.84. The Hall–Kier alpha value is -0.650. The molecule has 0 unspecified atom stereocenters. The molecule has 0 amide bonds. The van der Waals surface area contributed by atoms with Crippen LogP contribution >= 0.6 is 43.5 Å². The summed E-state index contributed by atoms with van der Waals surface area (Å²) in [6, 6.07) is 5.69. The predicted octanol–water partition coefficient (Wildman–Crippen LogP) is 4.93. The minimum absolute atomic E-state index is 0.646. The van der Waals surface area contributed by atoms with Crippen molar-refractivity contribution in [1.29, 1.82) is 0 Å². The molecule has 2 aromatic rings. The molecule has 0 bridgehead atoms. The van der Waals surface area contributed by atoms with E-state index in [0.717, 1.165) is 32.4 Å². The Morgan fingerprint density at radius 2 is 2.00 bits per heavy atom. The van der Waals surface area contributed by atoms with Gasteiger partial charge in [-0.25, -0.2) is 9.97 Å². The number of aromatic nitrogens is 2. The first-order valence-electron chi connectivity index (χ1n) is 5.76. The summed E-state index contributed by atoms with van der Waals surface area (Å²) in [4.78, 5) is 9.07. The fourth-order valence-corrected chi connectivity index (χ4v) is 2.74. The van der Waals surface area contributed by atoms with Crippen molar-refractivity contribution in [2.45, 2.75) is 13.3 Å². The molecule has 0 aliphatic carbocycles. The maximum atomic E-state index is 6.12. The lowest BCUT2D eigenvalue weighted by Crippen LogP contribution is -2.02. The van der Waals surface area contributed by atoms with Gasteiger partial charge in [0.15, 0.2) is 5.82 Å². The van der Waals surface area contributed by atoms with E-state index in [2.05, 4.69) is 54.1 Å². The quantitative estimate of drug-likeness (QED) is 0.787. The molecule has 0 spiro atoms. The third kappa shape index (κ3) is 3.09. The van der Waals surface area contributed by atoms with Crippen LogP contribution in [0.25, 0.3) is 11.4 Å². The number of halogens is 3. The Morgan fingerprint density at radius 1 is 1.26 bits per heavy atom. The van der Waals surface area contributed by atoms with Crippen molar-refractivity contribution in [1.82, 2.24) is 9.97 Å². The van der Waals surface area contributed by atoms with Crippen LogP contribution in [0.3, 0.4) is 0 Å². The molecule has 0 atom stereocenters. The van der Waals surface area contributed by atoms with Gasteiger partial charge >= 0.3 is 0 Å². The van der Waals surface area contributed by atoms with Gasteiger partial charge in [-0.15, -0.1) is 0 Å². The smallest absolute Gasteiger partial charge is 0.161 e. The molecule has 0 saturated heterocycles.